The molecule has 0 radical (unpaired) electrons. The summed E-state index contributed by atoms with van der Waals surface area (Å²) >= 11 is 1.49. The van der Waals surface area contributed by atoms with E-state index in [0.717, 1.165) is 22.4 Å². The van der Waals surface area contributed by atoms with E-state index >= 15 is 0 Å². The summed E-state index contributed by atoms with van der Waals surface area (Å²) < 4.78 is 1.70. The first-order valence-electron chi connectivity index (χ1n) is 9.55. The van der Waals surface area contributed by atoms with Gasteiger partial charge in [0.25, 0.3) is 5.56 Å². The zero-order chi connectivity index (χ0) is 21.3. The van der Waals surface area contributed by atoms with Crippen molar-refractivity contribution < 1.29 is 4.79 Å². The number of amides is 1. The highest BCUT2D eigenvalue weighted by atomic mass is 32.2. The fraction of sp³-hybridized carbons (Fsp3) is 0.125. The minimum absolute atomic E-state index is 0.0825. The molecule has 0 fully saturated rings. The average Bonchev–Trinajstić information content (AvgIpc) is 2.75. The molecule has 2 N–H and O–H groups in total. The molecule has 1 heterocycles. The predicted molar refractivity (Wildman–Crippen MR) is 121 cm³/mol. The first kappa shape index (κ1) is 19.9. The Hall–Kier alpha value is -3.38. The fourth-order valence-corrected chi connectivity index (χ4v) is 4.27. The van der Waals surface area contributed by atoms with E-state index in [1.54, 1.807) is 16.7 Å². The molecule has 0 saturated carbocycles. The number of aromatic nitrogens is 2. The van der Waals surface area contributed by atoms with Crippen LogP contribution in [0.2, 0.25) is 0 Å². The number of fused-ring (bicyclic) bond motifs is 1. The average molecular weight is 416 g/mol. The van der Waals surface area contributed by atoms with Gasteiger partial charge in [0.2, 0.25) is 5.91 Å². The lowest BCUT2D eigenvalue weighted by atomic mass is 10.1. The molecular weight excluding hydrogens is 394 g/mol. The number of hydrogen-bond donors (Lipinski definition) is 1. The summed E-state index contributed by atoms with van der Waals surface area (Å²) in [4.78, 5) is 29.5. The maximum atomic E-state index is 13.4. The summed E-state index contributed by atoms with van der Waals surface area (Å²) in [6, 6.07) is 20.5. The molecule has 0 aliphatic carbocycles. The molecule has 0 atom stereocenters. The van der Waals surface area contributed by atoms with E-state index in [4.69, 9.17) is 10.7 Å². The Bertz CT molecular complexity index is 1310. The monoisotopic (exact) mass is 415 g/mol. The summed E-state index contributed by atoms with van der Waals surface area (Å²) in [5.41, 5.74) is 10.4. The lowest BCUT2D eigenvalue weighted by Gasteiger charge is -2.16. The molecule has 150 valence electrons. The molecule has 0 unspecified atom stereocenters. The minimum Gasteiger partial charge on any atom is -0.366 e. The van der Waals surface area contributed by atoms with Crippen LogP contribution in [0.5, 0.6) is 0 Å². The third-order valence-electron chi connectivity index (χ3n) is 5.17. The van der Waals surface area contributed by atoms with E-state index in [0.29, 0.717) is 27.4 Å². The molecule has 4 rings (SSSR count). The van der Waals surface area contributed by atoms with Gasteiger partial charge in [-0.2, -0.15) is 0 Å². The highest BCUT2D eigenvalue weighted by Crippen LogP contribution is 2.27. The van der Waals surface area contributed by atoms with Gasteiger partial charge in [0.1, 0.15) is 0 Å². The molecule has 1 aromatic heterocycles. The molecule has 1 amide bonds. The number of aryl methyl sites for hydroxylation is 1. The number of para-hydroxylation sites is 1. The van der Waals surface area contributed by atoms with Crippen LogP contribution in [0.1, 0.15) is 27.0 Å². The molecule has 0 saturated heterocycles. The highest BCUT2D eigenvalue weighted by molar-refractivity contribution is 7.98. The molecule has 5 nitrogen and oxygen atoms in total. The van der Waals surface area contributed by atoms with Crippen LogP contribution in [0.4, 0.5) is 0 Å². The third-order valence-corrected chi connectivity index (χ3v) is 6.18. The topological polar surface area (TPSA) is 78.0 Å². The maximum Gasteiger partial charge on any atom is 0.266 e. The Morgan fingerprint density at radius 1 is 1.00 bits per heavy atom. The van der Waals surface area contributed by atoms with Gasteiger partial charge in [-0.15, -0.1) is 0 Å². The van der Waals surface area contributed by atoms with Gasteiger partial charge in [-0.25, -0.2) is 4.98 Å². The summed E-state index contributed by atoms with van der Waals surface area (Å²) in [6.07, 6.45) is 0. The molecule has 0 aliphatic heterocycles. The SMILES string of the molecule is Cc1cccc(-n2c(SCc3ccc(C(N)=O)cc3)nc3ccccc3c2=O)c1C. The van der Waals surface area contributed by atoms with Crippen LogP contribution < -0.4 is 11.3 Å². The molecule has 0 aliphatic rings. The van der Waals surface area contributed by atoms with Crippen LogP contribution in [-0.2, 0) is 5.75 Å². The first-order valence-corrected chi connectivity index (χ1v) is 10.5. The molecule has 0 spiro atoms. The Morgan fingerprint density at radius 2 is 1.73 bits per heavy atom. The van der Waals surface area contributed by atoms with Gasteiger partial charge in [0.05, 0.1) is 16.6 Å². The number of carbonyl (C=O) groups excluding carboxylic acids is 1. The lowest BCUT2D eigenvalue weighted by Crippen LogP contribution is -2.22. The number of benzene rings is 3. The number of primary amides is 1. The van der Waals surface area contributed by atoms with Crippen molar-refractivity contribution in [3.63, 3.8) is 0 Å². The van der Waals surface area contributed by atoms with Gasteiger partial charge in [-0.3, -0.25) is 14.2 Å². The minimum atomic E-state index is -0.450. The van der Waals surface area contributed by atoms with Crippen molar-refractivity contribution in [2.75, 3.05) is 0 Å². The van der Waals surface area contributed by atoms with E-state index < -0.39 is 5.91 Å². The summed E-state index contributed by atoms with van der Waals surface area (Å²) in [7, 11) is 0. The van der Waals surface area contributed by atoms with Gasteiger partial charge in [-0.1, -0.05) is 48.2 Å². The zero-order valence-corrected chi connectivity index (χ0v) is 17.6. The zero-order valence-electron chi connectivity index (χ0n) is 16.8. The van der Waals surface area contributed by atoms with Crippen molar-refractivity contribution in [2.45, 2.75) is 24.8 Å². The van der Waals surface area contributed by atoms with Crippen LogP contribution in [-0.4, -0.2) is 15.5 Å². The van der Waals surface area contributed by atoms with Crippen LogP contribution >= 0.6 is 11.8 Å². The van der Waals surface area contributed by atoms with Crippen molar-refractivity contribution in [3.05, 3.63) is 99.3 Å². The van der Waals surface area contributed by atoms with E-state index in [1.807, 2.05) is 68.4 Å². The number of hydrogen-bond acceptors (Lipinski definition) is 4. The third kappa shape index (κ3) is 3.74. The summed E-state index contributed by atoms with van der Waals surface area (Å²) in [5, 5.41) is 1.22. The van der Waals surface area contributed by atoms with E-state index in [1.165, 1.54) is 11.8 Å². The van der Waals surface area contributed by atoms with E-state index in [-0.39, 0.29) is 5.56 Å². The second kappa shape index (κ2) is 8.16. The normalized spacial score (nSPS) is 11.0. The Balaban J connectivity index is 1.81. The number of carbonyl (C=O) groups is 1. The van der Waals surface area contributed by atoms with Crippen molar-refractivity contribution in [1.29, 1.82) is 0 Å². The second-order valence-electron chi connectivity index (χ2n) is 7.12. The van der Waals surface area contributed by atoms with E-state index in [9.17, 15) is 9.59 Å². The van der Waals surface area contributed by atoms with Gasteiger partial charge in [0, 0.05) is 11.3 Å². The van der Waals surface area contributed by atoms with Gasteiger partial charge < -0.3 is 5.73 Å². The lowest BCUT2D eigenvalue weighted by molar-refractivity contribution is 0.100. The quantitative estimate of drug-likeness (QED) is 0.387. The first-order chi connectivity index (χ1) is 14.5. The molecule has 6 heteroatoms. The standard InChI is InChI=1S/C24H21N3O2S/c1-15-6-5-9-21(16(15)2)27-23(29)19-7-3-4-8-20(19)26-24(27)30-14-17-10-12-18(13-11-17)22(25)28/h3-13H,14H2,1-2H3,(H2,25,28). The maximum absolute atomic E-state index is 13.4. The van der Waals surface area contributed by atoms with Crippen LogP contribution in [0.25, 0.3) is 16.6 Å². The predicted octanol–water partition coefficient (Wildman–Crippen LogP) is 4.39. The largest absolute Gasteiger partial charge is 0.366 e. The van der Waals surface area contributed by atoms with Crippen molar-refractivity contribution >= 4 is 28.6 Å². The van der Waals surface area contributed by atoms with Gasteiger partial charge in [-0.05, 0) is 60.9 Å². The molecule has 4 aromatic rings. The molecule has 0 bridgehead atoms. The smallest absolute Gasteiger partial charge is 0.266 e. The number of thioether (sulfide) groups is 1. The number of nitrogens with two attached hydrogens (primary N) is 1. The van der Waals surface area contributed by atoms with Crippen molar-refractivity contribution in [2.24, 2.45) is 5.73 Å². The fourth-order valence-electron chi connectivity index (χ4n) is 3.31. The van der Waals surface area contributed by atoms with Crippen LogP contribution in [0.15, 0.2) is 76.7 Å². The van der Waals surface area contributed by atoms with Gasteiger partial charge in [0.15, 0.2) is 5.16 Å². The molecule has 3 aromatic carbocycles. The van der Waals surface area contributed by atoms with E-state index in [2.05, 4.69) is 0 Å². The number of rotatable bonds is 5. The summed E-state index contributed by atoms with van der Waals surface area (Å²) in [6.45, 7) is 4.05. The second-order valence-corrected chi connectivity index (χ2v) is 8.06. The summed E-state index contributed by atoms with van der Waals surface area (Å²) in [5.74, 6) is 0.156. The highest BCUT2D eigenvalue weighted by Gasteiger charge is 2.15. The Labute approximate surface area is 178 Å². The van der Waals surface area contributed by atoms with Crippen LogP contribution in [0, 0.1) is 13.8 Å². The Morgan fingerprint density at radius 3 is 2.47 bits per heavy atom. The molecular formula is C24H21N3O2S. The molecule has 30 heavy (non-hydrogen) atoms. The Kier molecular flexibility index (Phi) is 5.42. The van der Waals surface area contributed by atoms with Gasteiger partial charge >= 0.3 is 0 Å². The van der Waals surface area contributed by atoms with Crippen molar-refractivity contribution in [1.82, 2.24) is 9.55 Å². The van der Waals surface area contributed by atoms with Crippen LogP contribution in [0.3, 0.4) is 0 Å². The van der Waals surface area contributed by atoms with Crippen molar-refractivity contribution in [3.8, 4) is 5.69 Å². The number of nitrogens with zero attached hydrogens (tertiary/aromatic N) is 2.